The Hall–Kier alpha value is -3.42. The van der Waals surface area contributed by atoms with Crippen LogP contribution in [0.5, 0.6) is 0 Å². The van der Waals surface area contributed by atoms with Gasteiger partial charge in [-0.05, 0) is 61.4 Å². The van der Waals surface area contributed by atoms with E-state index in [1.165, 1.54) is 11.8 Å². The van der Waals surface area contributed by atoms with Gasteiger partial charge in [-0.3, -0.25) is 14.2 Å². The van der Waals surface area contributed by atoms with E-state index in [4.69, 9.17) is 16.6 Å². The standard InChI is InChI=1S/C25H19ClN4O2S/c1-14-6-5-9-21(15(14)2)30-24(32)18-7-3-4-8-19(18)28-25(30)33-13-22-27-20-12-16(26)10-11-17(20)23(31)29-22/h3-12H,13H2,1-2H3,(H,27,29,31). The second-order valence-electron chi connectivity index (χ2n) is 7.73. The number of rotatable bonds is 4. The number of benzene rings is 3. The number of aromatic amines is 1. The van der Waals surface area contributed by atoms with Crippen LogP contribution >= 0.6 is 23.4 Å². The van der Waals surface area contributed by atoms with E-state index in [2.05, 4.69) is 9.97 Å². The number of aromatic nitrogens is 4. The van der Waals surface area contributed by atoms with E-state index < -0.39 is 0 Å². The first kappa shape index (κ1) is 21.4. The Kier molecular flexibility index (Phi) is 5.52. The van der Waals surface area contributed by atoms with Gasteiger partial charge in [-0.15, -0.1) is 0 Å². The van der Waals surface area contributed by atoms with E-state index in [0.29, 0.717) is 43.6 Å². The molecule has 0 amide bonds. The van der Waals surface area contributed by atoms with E-state index in [1.807, 2.05) is 50.2 Å². The van der Waals surface area contributed by atoms with Crippen molar-refractivity contribution in [3.63, 3.8) is 0 Å². The highest BCUT2D eigenvalue weighted by Gasteiger charge is 2.16. The lowest BCUT2D eigenvalue weighted by Gasteiger charge is -2.16. The average Bonchev–Trinajstić information content (AvgIpc) is 2.80. The van der Waals surface area contributed by atoms with Crippen LogP contribution in [0.2, 0.25) is 5.02 Å². The molecule has 164 valence electrons. The highest BCUT2D eigenvalue weighted by Crippen LogP contribution is 2.26. The van der Waals surface area contributed by atoms with Gasteiger partial charge in [0, 0.05) is 5.02 Å². The van der Waals surface area contributed by atoms with Gasteiger partial charge in [0.25, 0.3) is 11.1 Å². The van der Waals surface area contributed by atoms with Crippen LogP contribution in [0.15, 0.2) is 75.4 Å². The molecule has 0 bridgehead atoms. The fraction of sp³-hybridized carbons (Fsp3) is 0.120. The van der Waals surface area contributed by atoms with Gasteiger partial charge in [-0.25, -0.2) is 9.97 Å². The number of thioether (sulfide) groups is 1. The number of aryl methyl sites for hydroxylation is 1. The number of hydrogen-bond acceptors (Lipinski definition) is 5. The third-order valence-corrected chi connectivity index (χ3v) is 6.80. The summed E-state index contributed by atoms with van der Waals surface area (Å²) in [6, 6.07) is 18.2. The second-order valence-corrected chi connectivity index (χ2v) is 9.11. The zero-order valence-electron chi connectivity index (χ0n) is 17.9. The molecule has 33 heavy (non-hydrogen) atoms. The molecule has 1 N–H and O–H groups in total. The lowest BCUT2D eigenvalue weighted by Crippen LogP contribution is -2.23. The van der Waals surface area contributed by atoms with Gasteiger partial charge in [0.05, 0.1) is 33.2 Å². The van der Waals surface area contributed by atoms with Crippen molar-refractivity contribution < 1.29 is 0 Å². The molecule has 8 heteroatoms. The molecule has 0 saturated carbocycles. The molecular formula is C25H19ClN4O2S. The van der Waals surface area contributed by atoms with E-state index >= 15 is 0 Å². The first-order valence-electron chi connectivity index (χ1n) is 10.3. The highest BCUT2D eigenvalue weighted by atomic mass is 35.5. The van der Waals surface area contributed by atoms with E-state index in [-0.39, 0.29) is 11.1 Å². The maximum atomic E-state index is 13.5. The Morgan fingerprint density at radius 1 is 0.939 bits per heavy atom. The number of H-pyrrole nitrogens is 1. The van der Waals surface area contributed by atoms with Crippen molar-refractivity contribution in [2.45, 2.75) is 24.8 Å². The smallest absolute Gasteiger partial charge is 0.266 e. The Morgan fingerprint density at radius 2 is 1.76 bits per heavy atom. The molecule has 0 aliphatic carbocycles. The van der Waals surface area contributed by atoms with Crippen molar-refractivity contribution in [1.29, 1.82) is 0 Å². The molecule has 0 unspecified atom stereocenters. The minimum atomic E-state index is -0.231. The van der Waals surface area contributed by atoms with Crippen LogP contribution in [0.25, 0.3) is 27.5 Å². The fourth-order valence-corrected chi connectivity index (χ4v) is 4.80. The summed E-state index contributed by atoms with van der Waals surface area (Å²) in [5.41, 5.74) is 3.66. The van der Waals surface area contributed by atoms with Crippen molar-refractivity contribution >= 4 is 45.2 Å². The van der Waals surface area contributed by atoms with Crippen LogP contribution in [0, 0.1) is 13.8 Å². The molecule has 0 fully saturated rings. The van der Waals surface area contributed by atoms with Crippen LogP contribution in [-0.2, 0) is 5.75 Å². The van der Waals surface area contributed by atoms with Crippen molar-refractivity contribution in [3.05, 3.63) is 103 Å². The van der Waals surface area contributed by atoms with Gasteiger partial charge in [0.1, 0.15) is 5.82 Å². The molecule has 0 aliphatic heterocycles. The number of nitrogens with one attached hydrogen (secondary N) is 1. The Balaban J connectivity index is 1.64. The highest BCUT2D eigenvalue weighted by molar-refractivity contribution is 7.98. The molecule has 0 radical (unpaired) electrons. The number of fused-ring (bicyclic) bond motifs is 2. The summed E-state index contributed by atoms with van der Waals surface area (Å²) in [4.78, 5) is 38.2. The van der Waals surface area contributed by atoms with Crippen LogP contribution in [0.3, 0.4) is 0 Å². The maximum Gasteiger partial charge on any atom is 0.266 e. The van der Waals surface area contributed by atoms with E-state index in [9.17, 15) is 9.59 Å². The van der Waals surface area contributed by atoms with Crippen molar-refractivity contribution in [2.75, 3.05) is 0 Å². The fourth-order valence-electron chi connectivity index (χ4n) is 3.76. The van der Waals surface area contributed by atoms with Crippen LogP contribution < -0.4 is 11.1 Å². The molecule has 0 aliphatic rings. The minimum absolute atomic E-state index is 0.136. The zero-order chi connectivity index (χ0) is 23.1. The maximum absolute atomic E-state index is 13.5. The largest absolute Gasteiger partial charge is 0.309 e. The average molecular weight is 475 g/mol. The van der Waals surface area contributed by atoms with E-state index in [0.717, 1.165) is 16.8 Å². The predicted octanol–water partition coefficient (Wildman–Crippen LogP) is 5.18. The third kappa shape index (κ3) is 3.94. The third-order valence-electron chi connectivity index (χ3n) is 5.62. The van der Waals surface area contributed by atoms with E-state index in [1.54, 1.807) is 28.8 Å². The van der Waals surface area contributed by atoms with Crippen LogP contribution in [0.4, 0.5) is 0 Å². The quantitative estimate of drug-likeness (QED) is 0.286. The summed E-state index contributed by atoms with van der Waals surface area (Å²) in [6.45, 7) is 4.01. The molecule has 0 spiro atoms. The summed E-state index contributed by atoms with van der Waals surface area (Å²) in [6.07, 6.45) is 0. The summed E-state index contributed by atoms with van der Waals surface area (Å²) in [5, 5.41) is 2.07. The Bertz CT molecular complexity index is 1660. The summed E-state index contributed by atoms with van der Waals surface area (Å²) < 4.78 is 1.64. The molecule has 2 aromatic heterocycles. The predicted molar refractivity (Wildman–Crippen MR) is 134 cm³/mol. The first-order valence-corrected chi connectivity index (χ1v) is 11.7. The molecule has 5 aromatic rings. The van der Waals surface area contributed by atoms with Gasteiger partial charge < -0.3 is 4.98 Å². The monoisotopic (exact) mass is 474 g/mol. The molecule has 2 heterocycles. The minimum Gasteiger partial charge on any atom is -0.309 e. The normalized spacial score (nSPS) is 11.4. The number of halogens is 1. The lowest BCUT2D eigenvalue weighted by molar-refractivity contribution is 0.812. The first-order chi connectivity index (χ1) is 15.9. The number of hydrogen-bond donors (Lipinski definition) is 1. The second kappa shape index (κ2) is 8.50. The van der Waals surface area contributed by atoms with Gasteiger partial charge in [-0.1, -0.05) is 47.6 Å². The van der Waals surface area contributed by atoms with Gasteiger partial charge in [-0.2, -0.15) is 0 Å². The van der Waals surface area contributed by atoms with Crippen molar-refractivity contribution in [2.24, 2.45) is 0 Å². The lowest BCUT2D eigenvalue weighted by atomic mass is 10.1. The zero-order valence-corrected chi connectivity index (χ0v) is 19.5. The van der Waals surface area contributed by atoms with Crippen LogP contribution in [0.1, 0.15) is 17.0 Å². The number of para-hydroxylation sites is 1. The molecule has 0 atom stereocenters. The van der Waals surface area contributed by atoms with Crippen LogP contribution in [-0.4, -0.2) is 19.5 Å². The van der Waals surface area contributed by atoms with Gasteiger partial charge in [0.2, 0.25) is 0 Å². The van der Waals surface area contributed by atoms with Gasteiger partial charge >= 0.3 is 0 Å². The molecule has 0 saturated heterocycles. The number of nitrogens with zero attached hydrogens (tertiary/aromatic N) is 3. The molecule has 3 aromatic carbocycles. The Labute approximate surface area is 198 Å². The van der Waals surface area contributed by atoms with Gasteiger partial charge in [0.15, 0.2) is 5.16 Å². The van der Waals surface area contributed by atoms with Crippen molar-refractivity contribution in [3.8, 4) is 5.69 Å². The molecule has 6 nitrogen and oxygen atoms in total. The Morgan fingerprint density at radius 3 is 2.61 bits per heavy atom. The molecular weight excluding hydrogens is 456 g/mol. The molecule has 5 rings (SSSR count). The SMILES string of the molecule is Cc1cccc(-n2c(SCc3nc4cc(Cl)ccc4c(=O)[nH]3)nc3ccccc3c2=O)c1C. The summed E-state index contributed by atoms with van der Waals surface area (Å²) in [7, 11) is 0. The summed E-state index contributed by atoms with van der Waals surface area (Å²) in [5.74, 6) is 0.808. The topological polar surface area (TPSA) is 80.6 Å². The van der Waals surface area contributed by atoms with Crippen molar-refractivity contribution in [1.82, 2.24) is 19.5 Å². The summed E-state index contributed by atoms with van der Waals surface area (Å²) >= 11 is 7.43.